The van der Waals surface area contributed by atoms with E-state index in [0.29, 0.717) is 6.54 Å². The number of imidazole rings is 1. The van der Waals surface area contributed by atoms with Crippen LogP contribution in [0.5, 0.6) is 0 Å². The molecule has 84 valence electrons. The largest absolute Gasteiger partial charge is 0.346 e. The maximum atomic E-state index is 5.61. The first-order chi connectivity index (χ1) is 7.72. The molecule has 0 saturated carbocycles. The number of benzene rings is 1. The highest BCUT2D eigenvalue weighted by atomic mass is 14.9. The van der Waals surface area contributed by atoms with Gasteiger partial charge >= 0.3 is 0 Å². The Balaban J connectivity index is 2.51. The van der Waals surface area contributed by atoms with E-state index in [0.717, 1.165) is 23.6 Å². The molecule has 3 heteroatoms. The van der Waals surface area contributed by atoms with Crippen LogP contribution in [0.2, 0.25) is 0 Å². The van der Waals surface area contributed by atoms with Crippen LogP contribution in [0.4, 0.5) is 0 Å². The van der Waals surface area contributed by atoms with Crippen LogP contribution in [-0.2, 0) is 6.42 Å². The van der Waals surface area contributed by atoms with Gasteiger partial charge in [-0.1, -0.05) is 24.3 Å². The molecule has 3 N–H and O–H groups in total. The molecule has 1 aromatic carbocycles. The molecule has 0 bridgehead atoms. The lowest BCUT2D eigenvalue weighted by Gasteiger charge is -2.04. The zero-order valence-electron chi connectivity index (χ0n) is 9.75. The predicted molar refractivity (Wildman–Crippen MR) is 66.3 cm³/mol. The normalized spacial score (nSPS) is 10.7. The van der Waals surface area contributed by atoms with Gasteiger partial charge in [0, 0.05) is 17.7 Å². The molecule has 2 aromatic rings. The molecule has 0 spiro atoms. The van der Waals surface area contributed by atoms with E-state index in [-0.39, 0.29) is 0 Å². The Bertz CT molecular complexity index is 486. The standard InChI is InChI=1S/C13H17N3/c1-9-5-3-4-6-11(9)13-12(7-8-14)15-10(2)16-13/h3-6H,7-8,14H2,1-2H3,(H,15,16). The summed E-state index contributed by atoms with van der Waals surface area (Å²) < 4.78 is 0. The van der Waals surface area contributed by atoms with Gasteiger partial charge in [-0.15, -0.1) is 0 Å². The second kappa shape index (κ2) is 4.49. The van der Waals surface area contributed by atoms with Crippen LogP contribution < -0.4 is 5.73 Å². The smallest absolute Gasteiger partial charge is 0.103 e. The molecule has 0 fully saturated rings. The van der Waals surface area contributed by atoms with Crippen LogP contribution in [0.1, 0.15) is 17.1 Å². The minimum Gasteiger partial charge on any atom is -0.346 e. The monoisotopic (exact) mass is 215 g/mol. The van der Waals surface area contributed by atoms with Gasteiger partial charge in [-0.3, -0.25) is 0 Å². The molecule has 0 aliphatic carbocycles. The SMILES string of the molecule is Cc1nc(-c2ccccc2C)c(CCN)[nH]1. The fourth-order valence-electron chi connectivity index (χ4n) is 1.93. The lowest BCUT2D eigenvalue weighted by molar-refractivity contribution is 0.930. The molecule has 0 amide bonds. The van der Waals surface area contributed by atoms with Crippen molar-refractivity contribution >= 4 is 0 Å². The number of hydrogen-bond donors (Lipinski definition) is 2. The first-order valence-electron chi connectivity index (χ1n) is 5.54. The van der Waals surface area contributed by atoms with E-state index in [2.05, 4.69) is 29.0 Å². The van der Waals surface area contributed by atoms with Crippen molar-refractivity contribution in [1.29, 1.82) is 0 Å². The number of aryl methyl sites for hydroxylation is 2. The number of nitrogens with two attached hydrogens (primary N) is 1. The molecule has 1 aromatic heterocycles. The van der Waals surface area contributed by atoms with Crippen molar-refractivity contribution in [2.45, 2.75) is 20.3 Å². The molecule has 16 heavy (non-hydrogen) atoms. The lowest BCUT2D eigenvalue weighted by atomic mass is 10.0. The Hall–Kier alpha value is -1.61. The molecule has 0 unspecified atom stereocenters. The summed E-state index contributed by atoms with van der Waals surface area (Å²) in [6.45, 7) is 4.72. The number of H-pyrrole nitrogens is 1. The van der Waals surface area contributed by atoms with Gasteiger partial charge in [0.1, 0.15) is 5.82 Å². The van der Waals surface area contributed by atoms with E-state index >= 15 is 0 Å². The summed E-state index contributed by atoms with van der Waals surface area (Å²) in [7, 11) is 0. The topological polar surface area (TPSA) is 54.7 Å². The lowest BCUT2D eigenvalue weighted by Crippen LogP contribution is -2.04. The third kappa shape index (κ3) is 1.99. The van der Waals surface area contributed by atoms with Crippen molar-refractivity contribution in [3.05, 3.63) is 41.3 Å². The Kier molecular flexibility index (Phi) is 3.06. The van der Waals surface area contributed by atoms with E-state index in [1.165, 1.54) is 11.1 Å². The average Bonchev–Trinajstić information content (AvgIpc) is 2.61. The van der Waals surface area contributed by atoms with Gasteiger partial charge in [0.15, 0.2) is 0 Å². The minimum atomic E-state index is 0.639. The van der Waals surface area contributed by atoms with Gasteiger partial charge in [-0.05, 0) is 26.0 Å². The van der Waals surface area contributed by atoms with Crippen LogP contribution in [0.3, 0.4) is 0 Å². The summed E-state index contributed by atoms with van der Waals surface area (Å²) in [6, 6.07) is 8.29. The highest BCUT2D eigenvalue weighted by Crippen LogP contribution is 2.24. The fraction of sp³-hybridized carbons (Fsp3) is 0.308. The Morgan fingerprint density at radius 1 is 1.25 bits per heavy atom. The van der Waals surface area contributed by atoms with Crippen molar-refractivity contribution < 1.29 is 0 Å². The van der Waals surface area contributed by atoms with Crippen LogP contribution in [0.25, 0.3) is 11.3 Å². The van der Waals surface area contributed by atoms with E-state index in [4.69, 9.17) is 5.73 Å². The van der Waals surface area contributed by atoms with Crippen LogP contribution in [0, 0.1) is 13.8 Å². The van der Waals surface area contributed by atoms with Crippen molar-refractivity contribution in [1.82, 2.24) is 9.97 Å². The number of hydrogen-bond acceptors (Lipinski definition) is 2. The molecule has 0 atom stereocenters. The summed E-state index contributed by atoms with van der Waals surface area (Å²) >= 11 is 0. The molecule has 1 heterocycles. The molecule has 0 aliphatic rings. The van der Waals surface area contributed by atoms with Crippen molar-refractivity contribution in [3.8, 4) is 11.3 Å². The number of nitrogens with one attached hydrogen (secondary N) is 1. The molecule has 3 nitrogen and oxygen atoms in total. The quantitative estimate of drug-likeness (QED) is 0.824. The van der Waals surface area contributed by atoms with Gasteiger partial charge in [-0.2, -0.15) is 0 Å². The number of rotatable bonds is 3. The third-order valence-electron chi connectivity index (χ3n) is 2.69. The second-order valence-electron chi connectivity index (χ2n) is 4.00. The predicted octanol–water partition coefficient (Wildman–Crippen LogP) is 2.19. The molecule has 0 radical (unpaired) electrons. The molecular weight excluding hydrogens is 198 g/mol. The van der Waals surface area contributed by atoms with Gasteiger partial charge < -0.3 is 10.7 Å². The zero-order valence-corrected chi connectivity index (χ0v) is 9.75. The minimum absolute atomic E-state index is 0.639. The molecule has 2 rings (SSSR count). The van der Waals surface area contributed by atoms with Gasteiger partial charge in [0.2, 0.25) is 0 Å². The van der Waals surface area contributed by atoms with E-state index in [9.17, 15) is 0 Å². The maximum Gasteiger partial charge on any atom is 0.103 e. The number of nitrogens with zero attached hydrogens (tertiary/aromatic N) is 1. The summed E-state index contributed by atoms with van der Waals surface area (Å²) in [4.78, 5) is 7.83. The van der Waals surface area contributed by atoms with Gasteiger partial charge in [-0.25, -0.2) is 4.98 Å². The fourth-order valence-corrected chi connectivity index (χ4v) is 1.93. The summed E-state index contributed by atoms with van der Waals surface area (Å²) in [5.74, 6) is 0.946. The molecule has 0 aliphatic heterocycles. The van der Waals surface area contributed by atoms with Crippen LogP contribution >= 0.6 is 0 Å². The van der Waals surface area contributed by atoms with Crippen molar-refractivity contribution in [2.75, 3.05) is 6.54 Å². The summed E-state index contributed by atoms with van der Waals surface area (Å²) in [5.41, 5.74) is 10.2. The Morgan fingerprint density at radius 2 is 2.00 bits per heavy atom. The van der Waals surface area contributed by atoms with Crippen molar-refractivity contribution in [3.63, 3.8) is 0 Å². The first kappa shape index (κ1) is 10.9. The van der Waals surface area contributed by atoms with Crippen molar-refractivity contribution in [2.24, 2.45) is 5.73 Å². The van der Waals surface area contributed by atoms with Crippen LogP contribution in [-0.4, -0.2) is 16.5 Å². The van der Waals surface area contributed by atoms with E-state index in [1.54, 1.807) is 0 Å². The highest BCUT2D eigenvalue weighted by molar-refractivity contribution is 5.66. The van der Waals surface area contributed by atoms with E-state index < -0.39 is 0 Å². The third-order valence-corrected chi connectivity index (χ3v) is 2.69. The van der Waals surface area contributed by atoms with E-state index in [1.807, 2.05) is 19.1 Å². The first-order valence-corrected chi connectivity index (χ1v) is 5.54. The summed E-state index contributed by atoms with van der Waals surface area (Å²) in [6.07, 6.45) is 0.838. The van der Waals surface area contributed by atoms with Crippen LogP contribution in [0.15, 0.2) is 24.3 Å². The Morgan fingerprint density at radius 3 is 2.69 bits per heavy atom. The summed E-state index contributed by atoms with van der Waals surface area (Å²) in [5, 5.41) is 0. The Labute approximate surface area is 95.7 Å². The number of aromatic amines is 1. The average molecular weight is 215 g/mol. The second-order valence-corrected chi connectivity index (χ2v) is 4.00. The van der Waals surface area contributed by atoms with Gasteiger partial charge in [0.05, 0.1) is 5.69 Å². The zero-order chi connectivity index (χ0) is 11.5. The van der Waals surface area contributed by atoms with Gasteiger partial charge in [0.25, 0.3) is 0 Å². The molecule has 0 saturated heterocycles. The number of aromatic nitrogens is 2. The maximum absolute atomic E-state index is 5.61. The highest BCUT2D eigenvalue weighted by Gasteiger charge is 2.11. The molecular formula is C13H17N3.